The van der Waals surface area contributed by atoms with E-state index in [4.69, 9.17) is 27.9 Å². The van der Waals surface area contributed by atoms with Crippen LogP contribution in [-0.2, 0) is 11.3 Å². The second kappa shape index (κ2) is 10.7. The molecule has 1 amide bonds. The Morgan fingerprint density at radius 2 is 2.13 bits per heavy atom. The van der Waals surface area contributed by atoms with E-state index in [9.17, 15) is 9.18 Å². The minimum Gasteiger partial charge on any atom is -0.481 e. The lowest BCUT2D eigenvalue weighted by atomic mass is 10.3. The van der Waals surface area contributed by atoms with Crippen molar-refractivity contribution >= 4 is 46.6 Å². The Morgan fingerprint density at radius 3 is 2.84 bits per heavy atom. The number of anilines is 1. The molecule has 10 heteroatoms. The van der Waals surface area contributed by atoms with Crippen molar-refractivity contribution in [2.45, 2.75) is 24.7 Å². The van der Waals surface area contributed by atoms with E-state index in [1.165, 1.54) is 30.0 Å². The molecule has 0 bridgehead atoms. The van der Waals surface area contributed by atoms with Crippen LogP contribution in [0.1, 0.15) is 18.9 Å². The number of aromatic nitrogens is 3. The molecule has 3 aromatic rings. The molecule has 6 nitrogen and oxygen atoms in total. The first-order valence-electron chi connectivity index (χ1n) is 9.21. The average Bonchev–Trinajstić information content (AvgIpc) is 3.11. The van der Waals surface area contributed by atoms with Gasteiger partial charge in [-0.3, -0.25) is 9.36 Å². The highest BCUT2D eigenvalue weighted by Crippen LogP contribution is 2.30. The molecule has 2 aromatic carbocycles. The van der Waals surface area contributed by atoms with Crippen molar-refractivity contribution < 1.29 is 13.9 Å². The van der Waals surface area contributed by atoms with Gasteiger partial charge in [0.2, 0.25) is 5.91 Å². The highest BCUT2D eigenvalue weighted by atomic mass is 35.5. The fourth-order valence-electron chi connectivity index (χ4n) is 2.72. The normalized spacial score (nSPS) is 11.7. The van der Waals surface area contributed by atoms with Crippen molar-refractivity contribution in [1.82, 2.24) is 14.8 Å². The number of rotatable bonds is 9. The monoisotopic (exact) mass is 480 g/mol. The van der Waals surface area contributed by atoms with Crippen LogP contribution in [0.3, 0.4) is 0 Å². The van der Waals surface area contributed by atoms with Crippen LogP contribution in [0.4, 0.5) is 10.1 Å². The third-order valence-corrected chi connectivity index (χ3v) is 5.56. The van der Waals surface area contributed by atoms with Gasteiger partial charge in [-0.25, -0.2) is 4.39 Å². The van der Waals surface area contributed by atoms with Crippen molar-refractivity contribution in [3.63, 3.8) is 0 Å². The molecule has 1 atom stereocenters. The molecule has 31 heavy (non-hydrogen) atoms. The maximum Gasteiger partial charge on any atom is 0.234 e. The first-order chi connectivity index (χ1) is 14.9. The Morgan fingerprint density at radius 1 is 1.32 bits per heavy atom. The number of amides is 1. The average molecular weight is 481 g/mol. The van der Waals surface area contributed by atoms with E-state index in [2.05, 4.69) is 22.1 Å². The summed E-state index contributed by atoms with van der Waals surface area (Å²) in [6.45, 7) is 5.97. The van der Waals surface area contributed by atoms with E-state index < -0.39 is 11.9 Å². The van der Waals surface area contributed by atoms with Crippen molar-refractivity contribution in [3.8, 4) is 5.75 Å². The summed E-state index contributed by atoms with van der Waals surface area (Å²) in [7, 11) is 0. The summed E-state index contributed by atoms with van der Waals surface area (Å²) in [5, 5.41) is 12.4. The number of nitrogens with one attached hydrogen (secondary N) is 1. The van der Waals surface area contributed by atoms with Crippen molar-refractivity contribution in [2.75, 3.05) is 11.1 Å². The number of nitrogens with zero attached hydrogens (tertiary/aromatic N) is 3. The Kier molecular flexibility index (Phi) is 7.95. The Labute approximate surface area is 193 Å². The van der Waals surface area contributed by atoms with Gasteiger partial charge in [0.05, 0.1) is 10.8 Å². The molecular formula is C21H19Cl2FN4O2S. The molecule has 0 saturated heterocycles. The van der Waals surface area contributed by atoms with Crippen LogP contribution in [0.15, 0.2) is 60.3 Å². The molecule has 0 saturated carbocycles. The lowest BCUT2D eigenvalue weighted by Crippen LogP contribution is -2.15. The molecule has 0 radical (unpaired) electrons. The molecule has 1 heterocycles. The van der Waals surface area contributed by atoms with Crippen LogP contribution in [-0.4, -0.2) is 26.4 Å². The minimum atomic E-state index is -0.523. The summed E-state index contributed by atoms with van der Waals surface area (Å²) < 4.78 is 20.9. The number of hydrogen-bond acceptors (Lipinski definition) is 5. The minimum absolute atomic E-state index is 0.126. The van der Waals surface area contributed by atoms with Gasteiger partial charge in [0.15, 0.2) is 17.1 Å². The zero-order chi connectivity index (χ0) is 22.4. The molecule has 0 aliphatic rings. The van der Waals surface area contributed by atoms with Gasteiger partial charge in [-0.2, -0.15) is 0 Å². The second-order valence-corrected chi connectivity index (χ2v) is 8.21. The van der Waals surface area contributed by atoms with Crippen LogP contribution in [0.5, 0.6) is 5.75 Å². The van der Waals surface area contributed by atoms with E-state index in [1.807, 2.05) is 0 Å². The number of ether oxygens (including phenoxy) is 1. The molecule has 0 spiro atoms. The fourth-order valence-corrected chi connectivity index (χ4v) is 3.87. The topological polar surface area (TPSA) is 69.0 Å². The predicted octanol–water partition coefficient (Wildman–Crippen LogP) is 5.78. The van der Waals surface area contributed by atoms with Crippen LogP contribution in [0.25, 0.3) is 0 Å². The molecule has 3 rings (SSSR count). The molecule has 1 aromatic heterocycles. The van der Waals surface area contributed by atoms with Gasteiger partial charge in [-0.1, -0.05) is 47.1 Å². The fraction of sp³-hybridized carbons (Fsp3) is 0.190. The standard InChI is InChI=1S/C21H19Cl2FN4O2S/c1-3-9-28-20(13(2)30-18-8-7-15(24)11-17(18)23)26-27-21(28)31-12-19(29)25-16-6-4-5-14(22)10-16/h3-8,10-11,13H,1,9,12H2,2H3,(H,25,29). The lowest BCUT2D eigenvalue weighted by molar-refractivity contribution is -0.113. The number of allylic oxidation sites excluding steroid dienone is 1. The van der Waals surface area contributed by atoms with Gasteiger partial charge in [-0.15, -0.1) is 16.8 Å². The Bertz CT molecular complexity index is 1090. The van der Waals surface area contributed by atoms with Crippen LogP contribution in [0.2, 0.25) is 10.0 Å². The number of carbonyl (C=O) groups is 1. The van der Waals surface area contributed by atoms with Gasteiger partial charge >= 0.3 is 0 Å². The highest BCUT2D eigenvalue weighted by Gasteiger charge is 2.20. The lowest BCUT2D eigenvalue weighted by Gasteiger charge is -2.16. The highest BCUT2D eigenvalue weighted by molar-refractivity contribution is 7.99. The largest absolute Gasteiger partial charge is 0.481 e. The molecule has 0 aliphatic heterocycles. The zero-order valence-corrected chi connectivity index (χ0v) is 18.8. The van der Waals surface area contributed by atoms with Crippen molar-refractivity contribution in [1.29, 1.82) is 0 Å². The summed E-state index contributed by atoms with van der Waals surface area (Å²) in [5.74, 6) is 0.330. The van der Waals surface area contributed by atoms with E-state index in [0.717, 1.165) is 0 Å². The Hall–Kier alpha value is -2.55. The van der Waals surface area contributed by atoms with Gasteiger partial charge in [-0.05, 0) is 43.3 Å². The second-order valence-electron chi connectivity index (χ2n) is 6.42. The summed E-state index contributed by atoms with van der Waals surface area (Å²) >= 11 is 13.2. The first-order valence-corrected chi connectivity index (χ1v) is 11.0. The summed E-state index contributed by atoms with van der Waals surface area (Å²) in [6, 6.07) is 10.8. The summed E-state index contributed by atoms with van der Waals surface area (Å²) in [4.78, 5) is 12.3. The molecule has 0 fully saturated rings. The SMILES string of the molecule is C=CCn1c(SCC(=O)Nc2cccc(Cl)c2)nnc1C(C)Oc1ccc(F)cc1Cl. The van der Waals surface area contributed by atoms with Crippen LogP contribution in [0, 0.1) is 5.82 Å². The van der Waals surface area contributed by atoms with Gasteiger partial charge in [0.1, 0.15) is 11.6 Å². The maximum atomic E-state index is 13.3. The molecular weight excluding hydrogens is 462 g/mol. The van der Waals surface area contributed by atoms with E-state index >= 15 is 0 Å². The van der Waals surface area contributed by atoms with E-state index in [0.29, 0.717) is 34.0 Å². The van der Waals surface area contributed by atoms with Crippen LogP contribution < -0.4 is 10.1 Å². The predicted molar refractivity (Wildman–Crippen MR) is 121 cm³/mol. The van der Waals surface area contributed by atoms with E-state index in [-0.39, 0.29) is 16.7 Å². The number of hydrogen-bond donors (Lipinski definition) is 1. The summed E-state index contributed by atoms with van der Waals surface area (Å²) in [5.41, 5.74) is 0.615. The maximum absolute atomic E-state index is 13.3. The Balaban J connectivity index is 1.69. The smallest absolute Gasteiger partial charge is 0.234 e. The number of benzene rings is 2. The van der Waals surface area contributed by atoms with Crippen LogP contribution >= 0.6 is 35.0 Å². The molecule has 162 valence electrons. The third-order valence-electron chi connectivity index (χ3n) is 4.06. The molecule has 1 unspecified atom stereocenters. The molecule has 1 N–H and O–H groups in total. The number of halogens is 3. The summed E-state index contributed by atoms with van der Waals surface area (Å²) in [6.07, 6.45) is 1.17. The quantitative estimate of drug-likeness (QED) is 0.310. The third kappa shape index (κ3) is 6.22. The van der Waals surface area contributed by atoms with Gasteiger partial charge < -0.3 is 10.1 Å². The number of thioether (sulfide) groups is 1. The number of carbonyl (C=O) groups excluding carboxylic acids is 1. The van der Waals surface area contributed by atoms with E-state index in [1.54, 1.807) is 41.8 Å². The van der Waals surface area contributed by atoms with Gasteiger partial charge in [0.25, 0.3) is 0 Å². The first kappa shape index (κ1) is 23.1. The molecule has 0 aliphatic carbocycles. The van der Waals surface area contributed by atoms with Gasteiger partial charge in [0, 0.05) is 17.3 Å². The van der Waals surface area contributed by atoms with Crippen molar-refractivity contribution in [2.24, 2.45) is 0 Å². The van der Waals surface area contributed by atoms with Crippen molar-refractivity contribution in [3.05, 3.63) is 76.8 Å². The zero-order valence-electron chi connectivity index (χ0n) is 16.5.